The fraction of sp³-hybridized carbons (Fsp3) is 0.739. The van der Waals surface area contributed by atoms with Gasteiger partial charge in [-0.1, -0.05) is 61.9 Å². The number of aliphatic hydroxyl groups is 2. The molecule has 0 saturated carbocycles. The average Bonchev–Trinajstić information content (AvgIpc) is 2.67. The van der Waals surface area contributed by atoms with Gasteiger partial charge < -0.3 is 14.9 Å². The van der Waals surface area contributed by atoms with Crippen LogP contribution in [0.3, 0.4) is 0 Å². The van der Waals surface area contributed by atoms with Crippen LogP contribution in [0.2, 0.25) is 0 Å². The number of aliphatic hydroxyl groups excluding tert-OH is 2. The van der Waals surface area contributed by atoms with Crippen LogP contribution in [-0.4, -0.2) is 40.3 Å². The van der Waals surface area contributed by atoms with Gasteiger partial charge in [0, 0.05) is 12.3 Å². The zero-order valence-electron chi connectivity index (χ0n) is 18.6. The molecule has 1 heterocycles. The third kappa shape index (κ3) is 7.47. The number of rotatable bonds is 1. The molecule has 0 saturated heterocycles. The molecule has 6 heteroatoms. The molecule has 0 radical (unpaired) electrons. The lowest BCUT2D eigenvalue weighted by Crippen LogP contribution is -2.45. The van der Waals surface area contributed by atoms with Crippen molar-refractivity contribution in [1.29, 1.82) is 0 Å². The number of ketones is 1. The van der Waals surface area contributed by atoms with Gasteiger partial charge in [-0.15, -0.1) is 0 Å². The highest BCUT2D eigenvalue weighted by atomic mass is 127. The molecule has 0 aromatic carbocycles. The summed E-state index contributed by atoms with van der Waals surface area (Å²) >= 11 is 2.13. The predicted molar refractivity (Wildman–Crippen MR) is 124 cm³/mol. The van der Waals surface area contributed by atoms with E-state index in [2.05, 4.69) is 35.6 Å². The largest absolute Gasteiger partial charge is 0.457 e. The maximum atomic E-state index is 13.0. The minimum atomic E-state index is -1.18. The molecule has 0 amide bonds. The number of cyclic esters (lactones) is 1. The number of ether oxygens (including phenoxy) is 1. The molecule has 0 aromatic rings. The maximum absolute atomic E-state index is 13.0. The van der Waals surface area contributed by atoms with Gasteiger partial charge in [-0.05, 0) is 48.7 Å². The number of Topliss-reactive ketones (excluding diaryl/α,β-unsaturated/α-hetero) is 1. The Labute approximate surface area is 189 Å². The number of hydrogen-bond donors (Lipinski definition) is 2. The third-order valence-electron chi connectivity index (χ3n) is 6.20. The quantitative estimate of drug-likeness (QED) is 0.297. The van der Waals surface area contributed by atoms with Crippen LogP contribution in [0.25, 0.3) is 0 Å². The summed E-state index contributed by atoms with van der Waals surface area (Å²) in [5.41, 5.74) is 1.00. The number of halogens is 1. The van der Waals surface area contributed by atoms with Crippen LogP contribution in [0.4, 0.5) is 0 Å². The number of hydrogen-bond acceptors (Lipinski definition) is 5. The van der Waals surface area contributed by atoms with Crippen LogP contribution in [0, 0.1) is 17.3 Å². The highest BCUT2D eigenvalue weighted by Gasteiger charge is 2.42. The van der Waals surface area contributed by atoms with Crippen LogP contribution in [0.1, 0.15) is 73.6 Å². The predicted octanol–water partition coefficient (Wildman–Crippen LogP) is 4.74. The Morgan fingerprint density at radius 1 is 1.28 bits per heavy atom. The maximum Gasteiger partial charge on any atom is 0.309 e. The van der Waals surface area contributed by atoms with Crippen molar-refractivity contribution in [2.75, 3.05) is 0 Å². The zero-order valence-corrected chi connectivity index (χ0v) is 20.7. The second-order valence-electron chi connectivity index (χ2n) is 9.07. The van der Waals surface area contributed by atoms with Crippen molar-refractivity contribution >= 4 is 34.3 Å². The van der Waals surface area contributed by atoms with Crippen molar-refractivity contribution in [3.8, 4) is 0 Å². The van der Waals surface area contributed by atoms with Crippen LogP contribution < -0.4 is 0 Å². The normalized spacial score (nSPS) is 33.8. The molecular formula is C23H37IO5. The lowest BCUT2D eigenvalue weighted by atomic mass is 9.73. The van der Waals surface area contributed by atoms with Crippen LogP contribution in [0.15, 0.2) is 21.3 Å². The monoisotopic (exact) mass is 520 g/mol. The van der Waals surface area contributed by atoms with Gasteiger partial charge in [-0.2, -0.15) is 0 Å². The molecule has 0 spiro atoms. The van der Waals surface area contributed by atoms with E-state index in [1.165, 1.54) is 5.57 Å². The smallest absolute Gasteiger partial charge is 0.309 e. The first kappa shape index (κ1) is 26.3. The van der Waals surface area contributed by atoms with Crippen molar-refractivity contribution in [2.45, 2.75) is 92.0 Å². The molecule has 29 heavy (non-hydrogen) atoms. The Kier molecular flexibility index (Phi) is 10.5. The van der Waals surface area contributed by atoms with E-state index in [0.717, 1.165) is 24.8 Å². The van der Waals surface area contributed by atoms with E-state index in [1.54, 1.807) is 20.8 Å². The summed E-state index contributed by atoms with van der Waals surface area (Å²) in [6.45, 7) is 10.9. The minimum absolute atomic E-state index is 0.0236. The highest BCUT2D eigenvalue weighted by Crippen LogP contribution is 2.32. The Morgan fingerprint density at radius 3 is 2.48 bits per heavy atom. The first-order valence-electron chi connectivity index (χ1n) is 10.4. The topological polar surface area (TPSA) is 83.8 Å². The van der Waals surface area contributed by atoms with E-state index >= 15 is 0 Å². The summed E-state index contributed by atoms with van der Waals surface area (Å²) in [6, 6.07) is 0. The summed E-state index contributed by atoms with van der Waals surface area (Å²) in [5, 5.41) is 21.3. The Bertz CT molecular complexity index is 637. The van der Waals surface area contributed by atoms with Crippen molar-refractivity contribution in [3.63, 3.8) is 0 Å². The fourth-order valence-corrected chi connectivity index (χ4v) is 4.10. The van der Waals surface area contributed by atoms with E-state index in [9.17, 15) is 19.8 Å². The summed E-state index contributed by atoms with van der Waals surface area (Å²) < 4.78 is 7.53. The van der Waals surface area contributed by atoms with Crippen molar-refractivity contribution in [3.05, 3.63) is 21.3 Å². The molecule has 1 aliphatic heterocycles. The van der Waals surface area contributed by atoms with Gasteiger partial charge in [0.15, 0.2) is 0 Å². The van der Waals surface area contributed by atoms with E-state index in [0.29, 0.717) is 6.42 Å². The molecule has 5 nitrogen and oxygen atoms in total. The summed E-state index contributed by atoms with van der Waals surface area (Å²) in [5.74, 6) is -1.41. The molecule has 0 fully saturated rings. The van der Waals surface area contributed by atoms with Gasteiger partial charge in [0.05, 0.1) is 24.0 Å². The molecule has 5 atom stereocenters. The van der Waals surface area contributed by atoms with Crippen LogP contribution in [-0.2, 0) is 14.3 Å². The molecule has 166 valence electrons. The van der Waals surface area contributed by atoms with Gasteiger partial charge in [0.25, 0.3) is 0 Å². The average molecular weight is 520 g/mol. The first-order chi connectivity index (χ1) is 13.4. The molecule has 1 aliphatic rings. The lowest BCUT2D eigenvalue weighted by Gasteiger charge is -2.34. The standard InChI is InChI=1S/C23H37IO5/c1-14-8-7-9-15(2)21(27)17(4)22(28)23(5,6)19(25)12-20(26)29-18(11-10-14)16(3)13-24/h10,13,15,17-19,21,25,27H,7-9,11-12H2,1-6H3/t15-,17+,18-,19-,21-/m0/s1. The van der Waals surface area contributed by atoms with E-state index < -0.39 is 29.5 Å². The number of carbonyl (C=O) groups is 2. The number of esters is 1. The van der Waals surface area contributed by atoms with Gasteiger partial charge in [-0.25, -0.2) is 0 Å². The highest BCUT2D eigenvalue weighted by molar-refractivity contribution is 14.1. The van der Waals surface area contributed by atoms with E-state index in [-0.39, 0.29) is 24.2 Å². The zero-order chi connectivity index (χ0) is 22.4. The van der Waals surface area contributed by atoms with E-state index in [1.807, 2.05) is 17.9 Å². The fourth-order valence-electron chi connectivity index (χ4n) is 3.70. The number of allylic oxidation sites excluding steroid dienone is 1. The third-order valence-corrected chi connectivity index (χ3v) is 7.18. The molecule has 2 N–H and O–H groups in total. The van der Waals surface area contributed by atoms with Gasteiger partial charge in [0.1, 0.15) is 11.9 Å². The van der Waals surface area contributed by atoms with Crippen LogP contribution in [0.5, 0.6) is 0 Å². The van der Waals surface area contributed by atoms with Gasteiger partial charge in [0.2, 0.25) is 0 Å². The number of carbonyl (C=O) groups excluding carboxylic acids is 2. The molecule has 0 aromatic heterocycles. The molecule has 1 rings (SSSR count). The van der Waals surface area contributed by atoms with Crippen molar-refractivity contribution < 1.29 is 24.5 Å². The second kappa shape index (κ2) is 11.6. The molecule has 0 unspecified atom stereocenters. The summed E-state index contributed by atoms with van der Waals surface area (Å²) in [7, 11) is 0. The minimum Gasteiger partial charge on any atom is -0.457 e. The lowest BCUT2D eigenvalue weighted by molar-refractivity contribution is -0.154. The molecule has 0 aliphatic carbocycles. The Balaban J connectivity index is 3.17. The molecule has 0 bridgehead atoms. The van der Waals surface area contributed by atoms with Crippen molar-refractivity contribution in [1.82, 2.24) is 0 Å². The summed E-state index contributed by atoms with van der Waals surface area (Å²) in [6.07, 6.45) is 2.71. The first-order valence-corrected chi connectivity index (χ1v) is 11.7. The van der Waals surface area contributed by atoms with Crippen LogP contribution >= 0.6 is 22.6 Å². The van der Waals surface area contributed by atoms with Gasteiger partial charge in [-0.3, -0.25) is 9.59 Å². The second-order valence-corrected chi connectivity index (χ2v) is 9.70. The van der Waals surface area contributed by atoms with E-state index in [4.69, 9.17) is 4.74 Å². The summed E-state index contributed by atoms with van der Waals surface area (Å²) in [4.78, 5) is 25.5. The SMILES string of the molecule is CC1=CC[C@@H](C(C)=CI)OC(=O)C[C@H](O)C(C)(C)C(=O)[C@H](C)[C@@H](O)[C@@H](C)CCC1. The molecular weight excluding hydrogens is 483 g/mol. The Morgan fingerprint density at radius 2 is 1.90 bits per heavy atom. The van der Waals surface area contributed by atoms with Crippen molar-refractivity contribution in [2.24, 2.45) is 17.3 Å². The Hall–Kier alpha value is -0.730. The van der Waals surface area contributed by atoms with Gasteiger partial charge >= 0.3 is 5.97 Å².